The van der Waals surface area contributed by atoms with Gasteiger partial charge in [0, 0.05) is 30.2 Å². The van der Waals surface area contributed by atoms with E-state index in [1.165, 1.54) is 10.6 Å². The lowest BCUT2D eigenvalue weighted by molar-refractivity contribution is -0.116. The maximum absolute atomic E-state index is 13.1. The van der Waals surface area contributed by atoms with E-state index in [-0.39, 0.29) is 23.9 Å². The molecule has 7 heteroatoms. The first-order valence-corrected chi connectivity index (χ1v) is 10.3. The molecule has 7 nitrogen and oxygen atoms in total. The van der Waals surface area contributed by atoms with E-state index in [9.17, 15) is 14.4 Å². The van der Waals surface area contributed by atoms with E-state index in [0.29, 0.717) is 42.8 Å². The van der Waals surface area contributed by atoms with Gasteiger partial charge in [-0.15, -0.1) is 0 Å². The number of amides is 2. The monoisotopic (exact) mass is 419 g/mol. The van der Waals surface area contributed by atoms with Crippen LogP contribution < -0.4 is 10.9 Å². The van der Waals surface area contributed by atoms with Crippen molar-refractivity contribution in [2.45, 2.75) is 20.4 Å². The van der Waals surface area contributed by atoms with Crippen molar-refractivity contribution in [3.63, 3.8) is 0 Å². The second kappa shape index (κ2) is 8.73. The first-order valence-electron chi connectivity index (χ1n) is 10.3. The standard InChI is InChI=1S/C24H25N3O4/c1-16-7-8-17(2)20(13-16)25-22(28)15-27-21-6-4-3-5-18(21)19(14-23(27)29)24(30)26-9-11-31-12-10-26/h3-8,13-14H,9-12,15H2,1-2H3,(H,25,28). The van der Waals surface area contributed by atoms with E-state index in [1.54, 1.807) is 17.0 Å². The second-order valence-electron chi connectivity index (χ2n) is 7.77. The molecular weight excluding hydrogens is 394 g/mol. The molecule has 1 aliphatic heterocycles. The molecule has 1 fully saturated rings. The molecule has 2 amide bonds. The summed E-state index contributed by atoms with van der Waals surface area (Å²) >= 11 is 0. The van der Waals surface area contributed by atoms with Gasteiger partial charge in [-0.05, 0) is 37.1 Å². The van der Waals surface area contributed by atoms with Crippen LogP contribution in [0.2, 0.25) is 0 Å². The number of hydrogen-bond donors (Lipinski definition) is 1. The number of aryl methyl sites for hydroxylation is 2. The number of fused-ring (bicyclic) bond motifs is 1. The summed E-state index contributed by atoms with van der Waals surface area (Å²) in [6.45, 7) is 5.69. The van der Waals surface area contributed by atoms with Crippen molar-refractivity contribution >= 4 is 28.4 Å². The minimum Gasteiger partial charge on any atom is -0.378 e. The van der Waals surface area contributed by atoms with Gasteiger partial charge >= 0.3 is 0 Å². The highest BCUT2D eigenvalue weighted by Crippen LogP contribution is 2.20. The Balaban J connectivity index is 1.67. The van der Waals surface area contributed by atoms with Crippen LogP contribution >= 0.6 is 0 Å². The average Bonchev–Trinajstić information content (AvgIpc) is 2.78. The molecule has 3 aromatic rings. The van der Waals surface area contributed by atoms with Gasteiger partial charge in [-0.1, -0.05) is 30.3 Å². The molecule has 2 heterocycles. The number of hydrogen-bond acceptors (Lipinski definition) is 4. The minimum absolute atomic E-state index is 0.140. The number of anilines is 1. The maximum Gasteiger partial charge on any atom is 0.254 e. The minimum atomic E-state index is -0.383. The molecule has 1 N–H and O–H groups in total. The second-order valence-corrected chi connectivity index (χ2v) is 7.77. The number of nitrogens with zero attached hydrogens (tertiary/aromatic N) is 2. The highest BCUT2D eigenvalue weighted by Gasteiger charge is 2.22. The number of ether oxygens (including phenoxy) is 1. The number of nitrogens with one attached hydrogen (secondary N) is 1. The molecule has 31 heavy (non-hydrogen) atoms. The quantitative estimate of drug-likeness (QED) is 0.705. The molecule has 4 rings (SSSR count). The van der Waals surface area contributed by atoms with Crippen molar-refractivity contribution in [1.82, 2.24) is 9.47 Å². The third-order valence-electron chi connectivity index (χ3n) is 5.52. The van der Waals surface area contributed by atoms with E-state index in [0.717, 1.165) is 16.8 Å². The van der Waals surface area contributed by atoms with E-state index in [1.807, 2.05) is 44.2 Å². The van der Waals surface area contributed by atoms with E-state index < -0.39 is 0 Å². The molecule has 0 unspecified atom stereocenters. The highest BCUT2D eigenvalue weighted by atomic mass is 16.5. The van der Waals surface area contributed by atoms with Crippen LogP contribution in [0.1, 0.15) is 21.5 Å². The van der Waals surface area contributed by atoms with Crippen LogP contribution in [0.15, 0.2) is 53.3 Å². The third-order valence-corrected chi connectivity index (χ3v) is 5.52. The van der Waals surface area contributed by atoms with Crippen LogP contribution in [-0.2, 0) is 16.1 Å². The number of aromatic nitrogens is 1. The van der Waals surface area contributed by atoms with Crippen molar-refractivity contribution in [2.24, 2.45) is 0 Å². The van der Waals surface area contributed by atoms with Crippen molar-refractivity contribution in [3.05, 3.63) is 75.6 Å². The molecule has 0 aliphatic carbocycles. The number of rotatable bonds is 4. The van der Waals surface area contributed by atoms with Gasteiger partial charge in [0.05, 0.1) is 24.3 Å². The fourth-order valence-electron chi connectivity index (χ4n) is 3.82. The number of carbonyl (C=O) groups is 2. The number of morpholine rings is 1. The molecule has 0 spiro atoms. The molecular formula is C24H25N3O4. The zero-order chi connectivity index (χ0) is 22.0. The Hall–Kier alpha value is -3.45. The van der Waals surface area contributed by atoms with Crippen molar-refractivity contribution in [3.8, 4) is 0 Å². The number of benzene rings is 2. The van der Waals surface area contributed by atoms with Gasteiger partial charge in [0.1, 0.15) is 6.54 Å². The van der Waals surface area contributed by atoms with E-state index in [2.05, 4.69) is 5.32 Å². The van der Waals surface area contributed by atoms with Gasteiger partial charge < -0.3 is 15.0 Å². The van der Waals surface area contributed by atoms with Crippen LogP contribution in [-0.4, -0.2) is 47.6 Å². The number of para-hydroxylation sites is 1. The van der Waals surface area contributed by atoms with Crippen molar-refractivity contribution in [2.75, 3.05) is 31.6 Å². The Bertz CT molecular complexity index is 1210. The largest absolute Gasteiger partial charge is 0.378 e. The molecule has 0 atom stereocenters. The van der Waals surface area contributed by atoms with Gasteiger partial charge in [-0.3, -0.25) is 19.0 Å². The summed E-state index contributed by atoms with van der Waals surface area (Å²) in [4.78, 5) is 40.4. The number of pyridine rings is 1. The topological polar surface area (TPSA) is 80.6 Å². The summed E-state index contributed by atoms with van der Waals surface area (Å²) in [5, 5.41) is 3.54. The zero-order valence-corrected chi connectivity index (χ0v) is 17.7. The number of carbonyl (C=O) groups excluding carboxylic acids is 2. The molecule has 0 bridgehead atoms. The third kappa shape index (κ3) is 4.36. The van der Waals surface area contributed by atoms with Crippen LogP contribution in [0.3, 0.4) is 0 Å². The lowest BCUT2D eigenvalue weighted by atomic mass is 10.1. The predicted octanol–water partition coefficient (Wildman–Crippen LogP) is 2.73. The normalized spacial score (nSPS) is 13.9. The van der Waals surface area contributed by atoms with Crippen LogP contribution in [0, 0.1) is 13.8 Å². The first kappa shape index (κ1) is 20.8. The Morgan fingerprint density at radius 2 is 1.77 bits per heavy atom. The van der Waals surface area contributed by atoms with Gasteiger partial charge in [0.15, 0.2) is 0 Å². The fourth-order valence-corrected chi connectivity index (χ4v) is 3.82. The molecule has 160 valence electrons. The Morgan fingerprint density at radius 1 is 1.03 bits per heavy atom. The Morgan fingerprint density at radius 3 is 2.55 bits per heavy atom. The highest BCUT2D eigenvalue weighted by molar-refractivity contribution is 6.06. The van der Waals surface area contributed by atoms with Crippen LogP contribution in [0.5, 0.6) is 0 Å². The van der Waals surface area contributed by atoms with E-state index >= 15 is 0 Å². The SMILES string of the molecule is Cc1ccc(C)c(NC(=O)Cn2c(=O)cc(C(=O)N3CCOCC3)c3ccccc32)c1. The van der Waals surface area contributed by atoms with Crippen molar-refractivity contribution < 1.29 is 14.3 Å². The molecule has 0 saturated carbocycles. The summed E-state index contributed by atoms with van der Waals surface area (Å²) < 4.78 is 6.73. The molecule has 1 aliphatic rings. The van der Waals surface area contributed by atoms with Gasteiger partial charge in [0.25, 0.3) is 11.5 Å². The van der Waals surface area contributed by atoms with E-state index in [4.69, 9.17) is 4.74 Å². The van der Waals surface area contributed by atoms with Crippen molar-refractivity contribution in [1.29, 1.82) is 0 Å². The van der Waals surface area contributed by atoms with Gasteiger partial charge in [0.2, 0.25) is 5.91 Å². The van der Waals surface area contributed by atoms with Gasteiger partial charge in [-0.25, -0.2) is 0 Å². The summed E-state index contributed by atoms with van der Waals surface area (Å²) in [5.41, 5.74) is 3.24. The average molecular weight is 419 g/mol. The fraction of sp³-hybridized carbons (Fsp3) is 0.292. The molecule has 1 saturated heterocycles. The predicted molar refractivity (Wildman–Crippen MR) is 119 cm³/mol. The molecule has 2 aromatic carbocycles. The lowest BCUT2D eigenvalue weighted by Crippen LogP contribution is -2.41. The van der Waals surface area contributed by atoms with Gasteiger partial charge in [-0.2, -0.15) is 0 Å². The van der Waals surface area contributed by atoms with Crippen LogP contribution in [0.4, 0.5) is 5.69 Å². The van der Waals surface area contributed by atoms with Crippen LogP contribution in [0.25, 0.3) is 10.9 Å². The lowest BCUT2D eigenvalue weighted by Gasteiger charge is -2.27. The summed E-state index contributed by atoms with van der Waals surface area (Å²) in [6.07, 6.45) is 0. The first-order chi connectivity index (χ1) is 14.9. The summed E-state index contributed by atoms with van der Waals surface area (Å²) in [5.74, 6) is -0.489. The smallest absolute Gasteiger partial charge is 0.254 e. The Kier molecular flexibility index (Phi) is 5.86. The summed E-state index contributed by atoms with van der Waals surface area (Å²) in [7, 11) is 0. The Labute approximate surface area is 180 Å². The zero-order valence-electron chi connectivity index (χ0n) is 17.7. The molecule has 1 aromatic heterocycles. The maximum atomic E-state index is 13.1. The summed E-state index contributed by atoms with van der Waals surface area (Å²) in [6, 6.07) is 14.3. The molecule has 0 radical (unpaired) electrons.